The van der Waals surface area contributed by atoms with Gasteiger partial charge >= 0.3 is 6.09 Å². The van der Waals surface area contributed by atoms with Crippen molar-refractivity contribution >= 4 is 12.0 Å². The maximum Gasteiger partial charge on any atom is 0.416 e. The Kier molecular flexibility index (Phi) is 6.24. The molecule has 1 fully saturated rings. The quantitative estimate of drug-likeness (QED) is 0.816. The van der Waals surface area contributed by atoms with Gasteiger partial charge in [-0.05, 0) is 30.4 Å². The Hall–Kier alpha value is -2.66. The highest BCUT2D eigenvalue weighted by Crippen LogP contribution is 2.22. The van der Waals surface area contributed by atoms with Crippen LogP contribution in [-0.4, -0.2) is 40.8 Å². The summed E-state index contributed by atoms with van der Waals surface area (Å²) < 4.78 is 5.12. The van der Waals surface area contributed by atoms with Crippen molar-refractivity contribution < 1.29 is 19.4 Å². The van der Waals surface area contributed by atoms with E-state index in [1.165, 1.54) is 4.90 Å². The van der Waals surface area contributed by atoms with Crippen LogP contribution in [0.1, 0.15) is 24.5 Å². The van der Waals surface area contributed by atoms with Gasteiger partial charge in [0.05, 0.1) is 18.1 Å². The normalized spacial score (nSPS) is 18.8. The van der Waals surface area contributed by atoms with Gasteiger partial charge in [-0.25, -0.2) is 9.69 Å². The molecule has 1 saturated heterocycles. The monoisotopic (exact) mass is 367 g/mol. The lowest BCUT2D eigenvalue weighted by Gasteiger charge is -2.25. The van der Waals surface area contributed by atoms with Crippen molar-refractivity contribution in [1.29, 1.82) is 0 Å². The lowest BCUT2D eigenvalue weighted by Crippen LogP contribution is -2.45. The second-order valence-corrected chi connectivity index (χ2v) is 7.01. The molecule has 3 atom stereocenters. The van der Waals surface area contributed by atoms with Crippen LogP contribution in [-0.2, 0) is 22.4 Å². The molecule has 5 heteroatoms. The molecule has 142 valence electrons. The third-order valence-electron chi connectivity index (χ3n) is 5.05. The molecule has 3 rings (SSSR count). The van der Waals surface area contributed by atoms with E-state index in [0.29, 0.717) is 19.3 Å². The Balaban J connectivity index is 1.62. The van der Waals surface area contributed by atoms with Crippen LogP contribution in [0.15, 0.2) is 60.7 Å². The van der Waals surface area contributed by atoms with Crippen molar-refractivity contribution in [2.24, 2.45) is 5.92 Å². The zero-order valence-electron chi connectivity index (χ0n) is 15.5. The Morgan fingerprint density at radius 2 is 1.70 bits per heavy atom. The third-order valence-corrected chi connectivity index (χ3v) is 5.05. The van der Waals surface area contributed by atoms with Gasteiger partial charge in [-0.2, -0.15) is 0 Å². The highest BCUT2D eigenvalue weighted by molar-refractivity contribution is 5.94. The molecule has 1 aliphatic heterocycles. The van der Waals surface area contributed by atoms with Crippen LogP contribution in [0.3, 0.4) is 0 Å². The fourth-order valence-corrected chi connectivity index (χ4v) is 3.36. The number of aliphatic hydroxyl groups excluding tert-OH is 1. The number of nitrogens with zero attached hydrogens (tertiary/aromatic N) is 1. The number of rotatable bonds is 7. The SMILES string of the molecule is C[C@H](C(=O)N1C(=O)OC[C@@H]1Cc1ccccc1)[C@H](O)CCc1ccccc1. The number of aryl methyl sites for hydroxylation is 1. The predicted octanol–water partition coefficient (Wildman–Crippen LogP) is 3.21. The zero-order valence-corrected chi connectivity index (χ0v) is 15.5. The first kappa shape index (κ1) is 19.1. The van der Waals surface area contributed by atoms with E-state index in [-0.39, 0.29) is 18.6 Å². The van der Waals surface area contributed by atoms with Gasteiger partial charge in [0.15, 0.2) is 0 Å². The van der Waals surface area contributed by atoms with Gasteiger partial charge in [-0.15, -0.1) is 0 Å². The van der Waals surface area contributed by atoms with Crippen LogP contribution in [0.5, 0.6) is 0 Å². The Bertz CT molecular complexity index is 762. The average molecular weight is 367 g/mol. The summed E-state index contributed by atoms with van der Waals surface area (Å²) in [6.45, 7) is 1.86. The van der Waals surface area contributed by atoms with Crippen LogP contribution in [0.25, 0.3) is 0 Å². The summed E-state index contributed by atoms with van der Waals surface area (Å²) >= 11 is 0. The highest BCUT2D eigenvalue weighted by atomic mass is 16.6. The van der Waals surface area contributed by atoms with Crippen molar-refractivity contribution in [3.8, 4) is 0 Å². The summed E-state index contributed by atoms with van der Waals surface area (Å²) in [6.07, 6.45) is 0.248. The maximum atomic E-state index is 12.9. The fraction of sp³-hybridized carbons (Fsp3) is 0.364. The summed E-state index contributed by atoms with van der Waals surface area (Å²) in [5.41, 5.74) is 2.15. The summed E-state index contributed by atoms with van der Waals surface area (Å²) in [5.74, 6) is -1.04. The van der Waals surface area contributed by atoms with E-state index >= 15 is 0 Å². The lowest BCUT2D eigenvalue weighted by atomic mass is 9.95. The number of benzene rings is 2. The molecule has 2 amide bonds. The molecule has 1 aliphatic rings. The van der Waals surface area contributed by atoms with E-state index in [0.717, 1.165) is 11.1 Å². The molecule has 0 saturated carbocycles. The van der Waals surface area contributed by atoms with Crippen molar-refractivity contribution in [3.05, 3.63) is 71.8 Å². The van der Waals surface area contributed by atoms with Crippen LogP contribution >= 0.6 is 0 Å². The van der Waals surface area contributed by atoms with E-state index in [1.54, 1.807) is 6.92 Å². The molecular weight excluding hydrogens is 342 g/mol. The molecular formula is C22H25NO4. The lowest BCUT2D eigenvalue weighted by molar-refractivity contribution is -0.136. The molecule has 0 aliphatic carbocycles. The standard InChI is InChI=1S/C22H25NO4/c1-16(20(24)13-12-17-8-4-2-5-9-17)21(25)23-19(15-27-22(23)26)14-18-10-6-3-7-11-18/h2-11,16,19-20,24H,12-15H2,1H3/t16-,19-,20+/m0/s1. The van der Waals surface area contributed by atoms with Crippen molar-refractivity contribution in [2.75, 3.05) is 6.61 Å². The molecule has 0 spiro atoms. The highest BCUT2D eigenvalue weighted by Gasteiger charge is 2.41. The molecule has 0 unspecified atom stereocenters. The van der Waals surface area contributed by atoms with Gasteiger partial charge in [-0.3, -0.25) is 4.79 Å². The van der Waals surface area contributed by atoms with Gasteiger partial charge in [0.2, 0.25) is 5.91 Å². The van der Waals surface area contributed by atoms with Gasteiger partial charge in [0.1, 0.15) is 6.61 Å². The van der Waals surface area contributed by atoms with E-state index in [2.05, 4.69) is 0 Å². The number of hydrogen-bond donors (Lipinski definition) is 1. The minimum absolute atomic E-state index is 0.187. The molecule has 2 aromatic rings. The molecule has 0 aromatic heterocycles. The minimum atomic E-state index is -0.816. The van der Waals surface area contributed by atoms with Crippen LogP contribution in [0.2, 0.25) is 0 Å². The summed E-state index contributed by atoms with van der Waals surface area (Å²) in [7, 11) is 0. The smallest absolute Gasteiger partial charge is 0.416 e. The van der Waals surface area contributed by atoms with Crippen LogP contribution in [0.4, 0.5) is 4.79 Å². The number of ether oxygens (including phenoxy) is 1. The zero-order chi connectivity index (χ0) is 19.2. The first-order valence-corrected chi connectivity index (χ1v) is 9.32. The van der Waals surface area contributed by atoms with Gasteiger partial charge < -0.3 is 9.84 Å². The largest absolute Gasteiger partial charge is 0.447 e. The number of aliphatic hydroxyl groups is 1. The van der Waals surface area contributed by atoms with E-state index in [4.69, 9.17) is 4.74 Å². The maximum absolute atomic E-state index is 12.9. The van der Waals surface area contributed by atoms with E-state index < -0.39 is 18.1 Å². The molecule has 1 heterocycles. The van der Waals surface area contributed by atoms with Gasteiger partial charge in [0, 0.05) is 0 Å². The van der Waals surface area contributed by atoms with E-state index in [1.807, 2.05) is 60.7 Å². The van der Waals surface area contributed by atoms with Crippen molar-refractivity contribution in [3.63, 3.8) is 0 Å². The number of carbonyl (C=O) groups excluding carboxylic acids is 2. The second-order valence-electron chi connectivity index (χ2n) is 7.01. The number of cyclic esters (lactones) is 1. The average Bonchev–Trinajstić information content (AvgIpc) is 3.06. The first-order chi connectivity index (χ1) is 13.1. The van der Waals surface area contributed by atoms with Gasteiger partial charge in [-0.1, -0.05) is 67.6 Å². The Morgan fingerprint density at radius 3 is 2.33 bits per heavy atom. The van der Waals surface area contributed by atoms with Crippen molar-refractivity contribution in [2.45, 2.75) is 38.3 Å². The van der Waals surface area contributed by atoms with Crippen LogP contribution in [0, 0.1) is 5.92 Å². The Morgan fingerprint density at radius 1 is 1.11 bits per heavy atom. The molecule has 0 bridgehead atoms. The molecule has 5 nitrogen and oxygen atoms in total. The summed E-state index contributed by atoms with van der Waals surface area (Å²) in [4.78, 5) is 26.2. The Labute approximate surface area is 159 Å². The summed E-state index contributed by atoms with van der Waals surface area (Å²) in [5, 5.41) is 10.5. The number of carbonyl (C=O) groups is 2. The number of imide groups is 1. The van der Waals surface area contributed by atoms with Crippen molar-refractivity contribution in [1.82, 2.24) is 4.90 Å². The number of amides is 2. The first-order valence-electron chi connectivity index (χ1n) is 9.32. The van der Waals surface area contributed by atoms with E-state index in [9.17, 15) is 14.7 Å². The molecule has 0 radical (unpaired) electrons. The molecule has 2 aromatic carbocycles. The summed E-state index contributed by atoms with van der Waals surface area (Å²) in [6, 6.07) is 19.2. The fourth-order valence-electron chi connectivity index (χ4n) is 3.36. The predicted molar refractivity (Wildman–Crippen MR) is 102 cm³/mol. The van der Waals surface area contributed by atoms with Crippen LogP contribution < -0.4 is 0 Å². The molecule has 27 heavy (non-hydrogen) atoms. The minimum Gasteiger partial charge on any atom is -0.447 e. The second kappa shape index (κ2) is 8.82. The third kappa shape index (κ3) is 4.74. The number of hydrogen-bond acceptors (Lipinski definition) is 4. The molecule has 1 N–H and O–H groups in total. The van der Waals surface area contributed by atoms with Gasteiger partial charge in [0.25, 0.3) is 0 Å². The topological polar surface area (TPSA) is 66.8 Å².